The Morgan fingerprint density at radius 1 is 1.12 bits per heavy atom. The first kappa shape index (κ1) is 17.3. The summed E-state index contributed by atoms with van der Waals surface area (Å²) in [5, 5.41) is 12.2. The van der Waals surface area contributed by atoms with Crippen LogP contribution in [0.2, 0.25) is 0 Å². The van der Waals surface area contributed by atoms with Crippen LogP contribution in [0.3, 0.4) is 0 Å². The van der Waals surface area contributed by atoms with Gasteiger partial charge in [0.15, 0.2) is 0 Å². The van der Waals surface area contributed by atoms with Crippen molar-refractivity contribution in [3.63, 3.8) is 0 Å². The van der Waals surface area contributed by atoms with Crippen LogP contribution in [0.5, 0.6) is 0 Å². The number of nitrogens with zero attached hydrogens (tertiary/aromatic N) is 1. The van der Waals surface area contributed by atoms with Gasteiger partial charge in [0.05, 0.1) is 18.5 Å². The summed E-state index contributed by atoms with van der Waals surface area (Å²) in [7, 11) is 1.27. The zero-order valence-corrected chi connectivity index (χ0v) is 13.7. The van der Waals surface area contributed by atoms with E-state index in [2.05, 4.69) is 17.0 Å². The van der Waals surface area contributed by atoms with E-state index in [4.69, 9.17) is 0 Å². The molecule has 6 nitrogen and oxygen atoms in total. The number of amides is 2. The van der Waals surface area contributed by atoms with E-state index in [9.17, 15) is 14.7 Å². The Labute approximate surface area is 140 Å². The van der Waals surface area contributed by atoms with Crippen LogP contribution in [-0.2, 0) is 11.2 Å². The first-order chi connectivity index (χ1) is 11.5. The van der Waals surface area contributed by atoms with Crippen molar-refractivity contribution < 1.29 is 19.4 Å². The Bertz CT molecular complexity index is 730. The number of hydrogen-bond acceptors (Lipinski definition) is 3. The highest BCUT2D eigenvalue weighted by Crippen LogP contribution is 2.28. The molecule has 6 heteroatoms. The molecular weight excluding hydrogens is 308 g/mol. The number of rotatable bonds is 5. The predicted octanol–water partition coefficient (Wildman–Crippen LogP) is 4.63. The van der Waals surface area contributed by atoms with Crippen LogP contribution in [-0.4, -0.2) is 24.4 Å². The van der Waals surface area contributed by atoms with E-state index in [1.807, 2.05) is 18.2 Å². The summed E-state index contributed by atoms with van der Waals surface area (Å²) in [5.74, 6) is 0. The van der Waals surface area contributed by atoms with Crippen LogP contribution in [0.1, 0.15) is 18.9 Å². The maximum atomic E-state index is 11.8. The number of ether oxygens (including phenoxy) is 1. The number of carbonyl (C=O) groups excluding carboxylic acids is 1. The quantitative estimate of drug-likeness (QED) is 0.838. The number of benzene rings is 2. The lowest BCUT2D eigenvalue weighted by Gasteiger charge is -2.21. The molecule has 0 radical (unpaired) electrons. The molecule has 126 valence electrons. The minimum absolute atomic E-state index is 0.435. The monoisotopic (exact) mass is 328 g/mol. The molecule has 0 aliphatic rings. The largest absolute Gasteiger partial charge is 0.464 e. The molecule has 0 heterocycles. The molecule has 0 fully saturated rings. The fourth-order valence-electron chi connectivity index (χ4n) is 2.40. The standard InChI is InChI=1S/C18H20N2O4/c1-3-6-13-7-4-9-15(11-13)20(18(22)23)16-10-5-8-14(12-16)19-17(21)24-2/h4-5,7-12H,3,6H2,1-2H3,(H,19,21)(H,22,23). The fourth-order valence-corrected chi connectivity index (χ4v) is 2.40. The van der Waals surface area contributed by atoms with E-state index >= 15 is 0 Å². The van der Waals surface area contributed by atoms with Gasteiger partial charge in [0, 0.05) is 5.69 Å². The molecule has 0 aliphatic heterocycles. The SMILES string of the molecule is CCCc1cccc(N(C(=O)O)c2cccc(NC(=O)OC)c2)c1. The van der Waals surface area contributed by atoms with Crippen molar-refractivity contribution in [3.8, 4) is 0 Å². The number of carbonyl (C=O) groups is 2. The highest BCUT2D eigenvalue weighted by molar-refractivity contribution is 5.96. The van der Waals surface area contributed by atoms with Crippen molar-refractivity contribution >= 4 is 29.2 Å². The zero-order chi connectivity index (χ0) is 17.5. The van der Waals surface area contributed by atoms with Crippen LogP contribution < -0.4 is 10.2 Å². The Morgan fingerprint density at radius 2 is 1.79 bits per heavy atom. The third-order valence-electron chi connectivity index (χ3n) is 3.43. The van der Waals surface area contributed by atoms with E-state index < -0.39 is 12.2 Å². The zero-order valence-electron chi connectivity index (χ0n) is 13.7. The molecule has 2 amide bonds. The fraction of sp³-hybridized carbons (Fsp3) is 0.222. The smallest absolute Gasteiger partial charge is 0.416 e. The van der Waals surface area contributed by atoms with Crippen LogP contribution in [0, 0.1) is 0 Å². The lowest BCUT2D eigenvalue weighted by molar-refractivity contribution is 0.187. The summed E-state index contributed by atoms with van der Waals surface area (Å²) in [4.78, 5) is 24.3. The van der Waals surface area contributed by atoms with Gasteiger partial charge in [-0.2, -0.15) is 0 Å². The first-order valence-electron chi connectivity index (χ1n) is 7.62. The average molecular weight is 328 g/mol. The Morgan fingerprint density at radius 3 is 2.42 bits per heavy atom. The first-order valence-corrected chi connectivity index (χ1v) is 7.62. The third-order valence-corrected chi connectivity index (χ3v) is 3.43. The van der Waals surface area contributed by atoms with E-state index in [0.29, 0.717) is 17.1 Å². The topological polar surface area (TPSA) is 78.9 Å². The van der Waals surface area contributed by atoms with Crippen LogP contribution in [0.25, 0.3) is 0 Å². The van der Waals surface area contributed by atoms with Gasteiger partial charge in [0.2, 0.25) is 0 Å². The van der Waals surface area contributed by atoms with Crippen LogP contribution in [0.15, 0.2) is 48.5 Å². The normalized spacial score (nSPS) is 10.1. The number of methoxy groups -OCH3 is 1. The molecule has 2 aromatic rings. The van der Waals surface area contributed by atoms with Gasteiger partial charge in [0.25, 0.3) is 0 Å². The molecule has 2 aromatic carbocycles. The Balaban J connectivity index is 2.37. The molecule has 2 N–H and O–H groups in total. The molecule has 0 bridgehead atoms. The lowest BCUT2D eigenvalue weighted by atomic mass is 10.1. The van der Waals surface area contributed by atoms with Crippen molar-refractivity contribution in [1.29, 1.82) is 0 Å². The van der Waals surface area contributed by atoms with Crippen molar-refractivity contribution in [1.82, 2.24) is 0 Å². The second-order valence-electron chi connectivity index (χ2n) is 5.20. The number of aryl methyl sites for hydroxylation is 1. The molecule has 0 aromatic heterocycles. The minimum Gasteiger partial charge on any atom is -0.464 e. The second-order valence-corrected chi connectivity index (χ2v) is 5.20. The van der Waals surface area contributed by atoms with Crippen molar-refractivity contribution in [3.05, 3.63) is 54.1 Å². The molecule has 0 saturated carbocycles. The van der Waals surface area contributed by atoms with Gasteiger partial charge in [-0.1, -0.05) is 31.5 Å². The summed E-state index contributed by atoms with van der Waals surface area (Å²) >= 11 is 0. The van der Waals surface area contributed by atoms with Crippen LogP contribution >= 0.6 is 0 Å². The number of carboxylic acid groups (broad SMARTS) is 1. The van der Waals surface area contributed by atoms with Gasteiger partial charge < -0.3 is 9.84 Å². The third kappa shape index (κ3) is 4.25. The van der Waals surface area contributed by atoms with E-state index in [0.717, 1.165) is 18.4 Å². The van der Waals surface area contributed by atoms with E-state index in [-0.39, 0.29) is 0 Å². The van der Waals surface area contributed by atoms with E-state index in [1.165, 1.54) is 12.0 Å². The van der Waals surface area contributed by atoms with Gasteiger partial charge in [-0.3, -0.25) is 5.32 Å². The van der Waals surface area contributed by atoms with Gasteiger partial charge in [-0.05, 0) is 42.3 Å². The van der Waals surface area contributed by atoms with Gasteiger partial charge in [-0.25, -0.2) is 14.5 Å². The highest BCUT2D eigenvalue weighted by Gasteiger charge is 2.18. The van der Waals surface area contributed by atoms with Gasteiger partial charge in [0.1, 0.15) is 0 Å². The molecule has 0 saturated heterocycles. The molecular formula is C18H20N2O4. The predicted molar refractivity (Wildman–Crippen MR) is 93.1 cm³/mol. The summed E-state index contributed by atoms with van der Waals surface area (Å²) in [5.41, 5.74) is 2.52. The van der Waals surface area contributed by atoms with Crippen molar-refractivity contribution in [2.75, 3.05) is 17.3 Å². The van der Waals surface area contributed by atoms with Gasteiger partial charge in [-0.15, -0.1) is 0 Å². The van der Waals surface area contributed by atoms with E-state index in [1.54, 1.807) is 30.3 Å². The van der Waals surface area contributed by atoms with Crippen LogP contribution in [0.4, 0.5) is 26.7 Å². The molecule has 0 atom stereocenters. The highest BCUT2D eigenvalue weighted by atomic mass is 16.5. The summed E-state index contributed by atoms with van der Waals surface area (Å²) < 4.78 is 4.55. The summed E-state index contributed by atoms with van der Waals surface area (Å²) in [6.07, 6.45) is 0.151. The maximum Gasteiger partial charge on any atom is 0.416 e. The molecule has 0 aliphatic carbocycles. The number of nitrogens with one attached hydrogen (secondary N) is 1. The Hall–Kier alpha value is -3.02. The van der Waals surface area contributed by atoms with Gasteiger partial charge >= 0.3 is 12.2 Å². The van der Waals surface area contributed by atoms with Crippen molar-refractivity contribution in [2.24, 2.45) is 0 Å². The molecule has 2 rings (SSSR count). The lowest BCUT2D eigenvalue weighted by Crippen LogP contribution is -2.24. The molecule has 0 unspecified atom stereocenters. The Kier molecular flexibility index (Phi) is 5.78. The molecule has 0 spiro atoms. The second kappa shape index (κ2) is 8.01. The number of anilines is 3. The summed E-state index contributed by atoms with van der Waals surface area (Å²) in [6.45, 7) is 2.07. The summed E-state index contributed by atoms with van der Waals surface area (Å²) in [6, 6.07) is 14.0. The number of hydrogen-bond donors (Lipinski definition) is 2. The average Bonchev–Trinajstić information content (AvgIpc) is 2.55. The van der Waals surface area contributed by atoms with Crippen molar-refractivity contribution in [2.45, 2.75) is 19.8 Å². The minimum atomic E-state index is -1.10. The molecule has 24 heavy (non-hydrogen) atoms. The maximum absolute atomic E-state index is 11.8.